The fraction of sp³-hybridized carbons (Fsp3) is 0.364. The van der Waals surface area contributed by atoms with Crippen molar-refractivity contribution in [3.05, 3.63) is 29.8 Å². The molecule has 0 aliphatic heterocycles. The van der Waals surface area contributed by atoms with Crippen molar-refractivity contribution in [2.45, 2.75) is 13.0 Å². The van der Waals surface area contributed by atoms with Crippen LogP contribution in [0.1, 0.15) is 12.5 Å². The van der Waals surface area contributed by atoms with Crippen LogP contribution in [0.3, 0.4) is 0 Å². The summed E-state index contributed by atoms with van der Waals surface area (Å²) in [5.41, 5.74) is 1.52. The molecule has 1 aromatic rings. The van der Waals surface area contributed by atoms with Gasteiger partial charge in [0.25, 0.3) is 0 Å². The van der Waals surface area contributed by atoms with Gasteiger partial charge in [-0.2, -0.15) is 5.26 Å². The molecule has 1 atom stereocenters. The molecule has 0 fully saturated rings. The standard InChI is InChI=1S/C11H14N2O/c1-9(8-14-2)13-11-6-4-3-5-10(11)7-12/h3-6,9,13H,8H2,1-2H3. The van der Waals surface area contributed by atoms with E-state index in [-0.39, 0.29) is 6.04 Å². The lowest BCUT2D eigenvalue weighted by Crippen LogP contribution is -2.21. The minimum absolute atomic E-state index is 0.203. The molecule has 0 aromatic heterocycles. The molecule has 74 valence electrons. The molecule has 0 radical (unpaired) electrons. The molecule has 1 rings (SSSR count). The van der Waals surface area contributed by atoms with E-state index in [1.54, 1.807) is 13.2 Å². The molecule has 14 heavy (non-hydrogen) atoms. The van der Waals surface area contributed by atoms with Crippen molar-refractivity contribution in [2.75, 3.05) is 19.0 Å². The zero-order valence-electron chi connectivity index (χ0n) is 8.45. The van der Waals surface area contributed by atoms with Crippen molar-refractivity contribution in [3.8, 4) is 6.07 Å². The van der Waals surface area contributed by atoms with Crippen LogP contribution in [0, 0.1) is 11.3 Å². The first-order valence-electron chi connectivity index (χ1n) is 4.52. The molecule has 0 saturated heterocycles. The summed E-state index contributed by atoms with van der Waals surface area (Å²) >= 11 is 0. The second-order valence-electron chi connectivity index (χ2n) is 3.16. The van der Waals surface area contributed by atoms with Gasteiger partial charge in [-0.1, -0.05) is 12.1 Å². The van der Waals surface area contributed by atoms with Gasteiger partial charge in [0.2, 0.25) is 0 Å². The van der Waals surface area contributed by atoms with Crippen molar-refractivity contribution in [2.24, 2.45) is 0 Å². The fourth-order valence-electron chi connectivity index (χ4n) is 1.26. The summed E-state index contributed by atoms with van der Waals surface area (Å²) in [6.45, 7) is 2.64. The Hall–Kier alpha value is -1.53. The highest BCUT2D eigenvalue weighted by Gasteiger charge is 2.04. The number of para-hydroxylation sites is 1. The number of nitrogens with zero attached hydrogens (tertiary/aromatic N) is 1. The zero-order valence-corrected chi connectivity index (χ0v) is 8.45. The molecular formula is C11H14N2O. The number of benzene rings is 1. The molecular weight excluding hydrogens is 176 g/mol. The lowest BCUT2D eigenvalue weighted by atomic mass is 10.2. The molecule has 0 amide bonds. The van der Waals surface area contributed by atoms with E-state index in [0.29, 0.717) is 12.2 Å². The van der Waals surface area contributed by atoms with Gasteiger partial charge in [0.1, 0.15) is 6.07 Å². The van der Waals surface area contributed by atoms with E-state index in [4.69, 9.17) is 10.00 Å². The summed E-state index contributed by atoms with van der Waals surface area (Å²) in [5, 5.41) is 12.1. The van der Waals surface area contributed by atoms with E-state index in [2.05, 4.69) is 11.4 Å². The van der Waals surface area contributed by atoms with Crippen molar-refractivity contribution >= 4 is 5.69 Å². The van der Waals surface area contributed by atoms with Crippen molar-refractivity contribution in [1.29, 1.82) is 5.26 Å². The summed E-state index contributed by atoms with van der Waals surface area (Å²) in [7, 11) is 1.66. The van der Waals surface area contributed by atoms with Crippen LogP contribution in [0.2, 0.25) is 0 Å². The van der Waals surface area contributed by atoms with E-state index in [9.17, 15) is 0 Å². The third-order valence-electron chi connectivity index (χ3n) is 1.87. The molecule has 0 bridgehead atoms. The van der Waals surface area contributed by atoms with Crippen LogP contribution in [0.5, 0.6) is 0 Å². The van der Waals surface area contributed by atoms with Crippen molar-refractivity contribution < 1.29 is 4.74 Å². The summed E-state index contributed by atoms with van der Waals surface area (Å²) in [6, 6.07) is 9.79. The first-order valence-corrected chi connectivity index (χ1v) is 4.52. The van der Waals surface area contributed by atoms with Gasteiger partial charge in [-0.05, 0) is 19.1 Å². The second-order valence-corrected chi connectivity index (χ2v) is 3.16. The number of methoxy groups -OCH3 is 1. The second kappa shape index (κ2) is 5.25. The van der Waals surface area contributed by atoms with Crippen LogP contribution in [-0.2, 0) is 4.74 Å². The van der Waals surface area contributed by atoms with E-state index in [1.165, 1.54) is 0 Å². The Kier molecular flexibility index (Phi) is 3.96. The summed E-state index contributed by atoms with van der Waals surface area (Å²) in [4.78, 5) is 0. The van der Waals surface area contributed by atoms with Gasteiger partial charge in [0.05, 0.1) is 17.9 Å². The largest absolute Gasteiger partial charge is 0.383 e. The van der Waals surface area contributed by atoms with Crippen LogP contribution in [0.4, 0.5) is 5.69 Å². The smallest absolute Gasteiger partial charge is 0.101 e. The SMILES string of the molecule is COCC(C)Nc1ccccc1C#N. The number of anilines is 1. The van der Waals surface area contributed by atoms with E-state index < -0.39 is 0 Å². The molecule has 1 unspecified atom stereocenters. The van der Waals surface area contributed by atoms with Gasteiger partial charge >= 0.3 is 0 Å². The number of nitrogens with one attached hydrogen (secondary N) is 1. The molecule has 1 aromatic carbocycles. The Morgan fingerprint density at radius 2 is 2.21 bits per heavy atom. The van der Waals surface area contributed by atoms with E-state index >= 15 is 0 Å². The van der Waals surface area contributed by atoms with Crippen molar-refractivity contribution in [1.82, 2.24) is 0 Å². The predicted octanol–water partition coefficient (Wildman–Crippen LogP) is 2.01. The average Bonchev–Trinajstić information content (AvgIpc) is 2.19. The van der Waals surface area contributed by atoms with Crippen LogP contribution in [0.25, 0.3) is 0 Å². The topological polar surface area (TPSA) is 45.0 Å². The van der Waals surface area contributed by atoms with E-state index in [1.807, 2.05) is 25.1 Å². The van der Waals surface area contributed by atoms with Crippen LogP contribution in [-0.4, -0.2) is 19.8 Å². The molecule has 0 saturated carbocycles. The molecule has 3 nitrogen and oxygen atoms in total. The van der Waals surface area contributed by atoms with Gasteiger partial charge in [0.15, 0.2) is 0 Å². The summed E-state index contributed by atoms with van der Waals surface area (Å²) in [5.74, 6) is 0. The minimum atomic E-state index is 0.203. The van der Waals surface area contributed by atoms with E-state index in [0.717, 1.165) is 5.69 Å². The van der Waals surface area contributed by atoms with Crippen LogP contribution >= 0.6 is 0 Å². The summed E-state index contributed by atoms with van der Waals surface area (Å²) in [6.07, 6.45) is 0. The minimum Gasteiger partial charge on any atom is -0.383 e. The quantitative estimate of drug-likeness (QED) is 0.789. The molecule has 3 heteroatoms. The average molecular weight is 190 g/mol. The third-order valence-corrected chi connectivity index (χ3v) is 1.87. The normalized spacial score (nSPS) is 11.8. The van der Waals surface area contributed by atoms with Gasteiger partial charge in [-0.15, -0.1) is 0 Å². The molecule has 0 heterocycles. The van der Waals surface area contributed by atoms with Gasteiger partial charge in [0, 0.05) is 13.2 Å². The van der Waals surface area contributed by atoms with Crippen LogP contribution in [0.15, 0.2) is 24.3 Å². The Bertz CT molecular complexity index is 330. The third kappa shape index (κ3) is 2.75. The number of ether oxygens (including phenoxy) is 1. The molecule has 0 aliphatic rings. The maximum Gasteiger partial charge on any atom is 0.101 e. The Balaban J connectivity index is 2.71. The molecule has 0 aliphatic carbocycles. The maximum atomic E-state index is 8.84. The van der Waals surface area contributed by atoms with Gasteiger partial charge in [-0.3, -0.25) is 0 Å². The number of nitriles is 1. The maximum absolute atomic E-state index is 8.84. The van der Waals surface area contributed by atoms with Crippen LogP contribution < -0.4 is 5.32 Å². The zero-order chi connectivity index (χ0) is 10.4. The van der Waals surface area contributed by atoms with Gasteiger partial charge < -0.3 is 10.1 Å². The number of hydrogen-bond donors (Lipinski definition) is 1. The lowest BCUT2D eigenvalue weighted by Gasteiger charge is -2.14. The number of hydrogen-bond acceptors (Lipinski definition) is 3. The monoisotopic (exact) mass is 190 g/mol. The lowest BCUT2D eigenvalue weighted by molar-refractivity contribution is 0.190. The first-order chi connectivity index (χ1) is 6.77. The highest BCUT2D eigenvalue weighted by atomic mass is 16.5. The Labute approximate surface area is 84.3 Å². The molecule has 0 spiro atoms. The number of rotatable bonds is 4. The molecule has 1 N–H and O–H groups in total. The highest BCUT2D eigenvalue weighted by Crippen LogP contribution is 2.14. The Morgan fingerprint density at radius 3 is 2.86 bits per heavy atom. The predicted molar refractivity (Wildman–Crippen MR) is 56.1 cm³/mol. The van der Waals surface area contributed by atoms with Crippen molar-refractivity contribution in [3.63, 3.8) is 0 Å². The Morgan fingerprint density at radius 1 is 1.50 bits per heavy atom. The van der Waals surface area contributed by atoms with Gasteiger partial charge in [-0.25, -0.2) is 0 Å². The highest BCUT2D eigenvalue weighted by molar-refractivity contribution is 5.57. The fourth-order valence-corrected chi connectivity index (χ4v) is 1.26. The first kappa shape index (κ1) is 10.6. The summed E-state index contributed by atoms with van der Waals surface area (Å²) < 4.78 is 5.00.